The molecule has 20 heteroatoms. The monoisotopic (exact) mass is 759 g/mol. The van der Waals surface area contributed by atoms with Crippen molar-refractivity contribution in [2.75, 3.05) is 78.8 Å². The molecule has 11 N–H and O–H groups in total. The molecule has 4 amide bonds. The summed E-state index contributed by atoms with van der Waals surface area (Å²) in [6, 6.07) is 4.94. The molecule has 0 saturated carbocycles. The number of pyridine rings is 2. The normalized spacial score (nSPS) is 11.0. The second kappa shape index (κ2) is 20.9. The molecule has 0 aliphatic carbocycles. The molecular weight excluding hydrogens is 712 g/mol. The van der Waals surface area contributed by atoms with Crippen molar-refractivity contribution >= 4 is 23.6 Å². The Bertz CT molecular complexity index is 1830. The van der Waals surface area contributed by atoms with E-state index < -0.39 is 57.7 Å². The third kappa shape index (κ3) is 11.8. The molecule has 3 rings (SSSR count). The molecule has 0 fully saturated rings. The van der Waals surface area contributed by atoms with Gasteiger partial charge in [-0.25, -0.2) is 0 Å². The number of rotatable bonds is 21. The maximum atomic E-state index is 13.0. The first kappa shape index (κ1) is 42.5. The molecule has 0 saturated heterocycles. The molecule has 0 aliphatic heterocycles. The minimum Gasteiger partial charge on any atom is -0.504 e. The van der Waals surface area contributed by atoms with Crippen molar-refractivity contribution in [2.24, 2.45) is 14.1 Å². The number of hydrogen-bond acceptors (Lipinski definition) is 13. The van der Waals surface area contributed by atoms with Crippen LogP contribution < -0.4 is 38.1 Å². The zero-order chi connectivity index (χ0) is 39.8. The zero-order valence-electron chi connectivity index (χ0n) is 30.1. The van der Waals surface area contributed by atoms with Gasteiger partial charge in [-0.2, -0.15) is 0 Å². The number of quaternary nitrogens is 1. The Morgan fingerprint density at radius 1 is 0.574 bits per heavy atom. The first-order chi connectivity index (χ1) is 25.8. The molecule has 0 spiro atoms. The van der Waals surface area contributed by atoms with Crippen LogP contribution in [0.15, 0.2) is 46.2 Å². The average Bonchev–Trinajstić information content (AvgIpc) is 3.14. The van der Waals surface area contributed by atoms with Crippen molar-refractivity contribution in [3.63, 3.8) is 0 Å². The van der Waals surface area contributed by atoms with E-state index in [1.807, 2.05) is 0 Å². The SMILES string of the molecule is Cn1ccc(C(=O)NCCN(CCNC(=O)c2ccc(C(=O)NCCOCCOCC[NH3+])c(O)c2O)CCNC(=O)c2ccn(C)c(=O)c2O)c(O)c1=O. The number of nitrogens with one attached hydrogen (secondary N) is 4. The minimum atomic E-state index is -0.806. The molecular formula is C34H47N8O12+. The number of aryl methyl sites for hydroxylation is 2. The van der Waals surface area contributed by atoms with Gasteiger partial charge in [0.2, 0.25) is 0 Å². The first-order valence-electron chi connectivity index (χ1n) is 16.9. The quantitative estimate of drug-likeness (QED) is 0.0383. The van der Waals surface area contributed by atoms with E-state index in [4.69, 9.17) is 9.47 Å². The number of carbonyl (C=O) groups excluding carboxylic acids is 4. The number of phenols is 2. The predicted octanol–water partition coefficient (Wildman–Crippen LogP) is -3.20. The summed E-state index contributed by atoms with van der Waals surface area (Å²) in [7, 11) is 2.83. The average molecular weight is 760 g/mol. The molecule has 0 atom stereocenters. The number of phenolic OH excluding ortho intramolecular Hbond substituents is 2. The minimum absolute atomic E-state index is 0.0144. The van der Waals surface area contributed by atoms with Crippen molar-refractivity contribution in [1.29, 1.82) is 0 Å². The Kier molecular flexibility index (Phi) is 16.4. The number of aromatic nitrogens is 2. The summed E-state index contributed by atoms with van der Waals surface area (Å²) in [5, 5.41) is 51.6. The van der Waals surface area contributed by atoms with Gasteiger partial charge in [0.05, 0.1) is 55.2 Å². The van der Waals surface area contributed by atoms with E-state index in [2.05, 4.69) is 27.0 Å². The number of benzene rings is 1. The van der Waals surface area contributed by atoms with Gasteiger partial charge in [0.15, 0.2) is 23.0 Å². The van der Waals surface area contributed by atoms with Crippen molar-refractivity contribution in [1.82, 2.24) is 35.3 Å². The van der Waals surface area contributed by atoms with E-state index in [1.54, 1.807) is 4.90 Å². The zero-order valence-corrected chi connectivity index (χ0v) is 30.1. The lowest BCUT2D eigenvalue weighted by atomic mass is 10.1. The van der Waals surface area contributed by atoms with Crippen LogP contribution in [-0.4, -0.2) is 137 Å². The molecule has 1 aromatic carbocycles. The standard InChI is InChI=1S/C34H46N8O12/c1-40-12-5-23(27(45)33(40)51)31(49)37-9-15-42(16-10-38-32(50)24-6-13-41(2)34(52)28(24)46)14-8-36-29(47)21-3-4-22(26(44)25(21)43)30(48)39-11-18-54-20-19-53-17-7-35/h3-6,12-13,43-46H,7-11,14-20,35H2,1-2H3,(H,36,47)(H,37,49)(H,38,50)(H,39,48)/p+1. The van der Waals surface area contributed by atoms with E-state index in [0.717, 1.165) is 9.13 Å². The molecule has 20 nitrogen and oxygen atoms in total. The highest BCUT2D eigenvalue weighted by Crippen LogP contribution is 2.32. The number of nitrogens with zero attached hydrogens (tertiary/aromatic N) is 3. The van der Waals surface area contributed by atoms with Crippen molar-refractivity contribution in [2.45, 2.75) is 0 Å². The van der Waals surface area contributed by atoms with Gasteiger partial charge >= 0.3 is 0 Å². The summed E-state index contributed by atoms with van der Waals surface area (Å²) >= 11 is 0. The molecule has 2 heterocycles. The van der Waals surface area contributed by atoms with Crippen LogP contribution in [0.2, 0.25) is 0 Å². The van der Waals surface area contributed by atoms with Gasteiger partial charge < -0.3 is 66.0 Å². The van der Waals surface area contributed by atoms with Gasteiger partial charge in [0, 0.05) is 72.3 Å². The van der Waals surface area contributed by atoms with E-state index in [1.165, 1.54) is 50.8 Å². The van der Waals surface area contributed by atoms with Gasteiger partial charge in [-0.05, 0) is 24.3 Å². The fourth-order valence-electron chi connectivity index (χ4n) is 4.90. The van der Waals surface area contributed by atoms with Crippen LogP contribution in [0.25, 0.3) is 0 Å². The van der Waals surface area contributed by atoms with Crippen LogP contribution in [0.3, 0.4) is 0 Å². The molecule has 0 aliphatic rings. The molecule has 3 aromatic rings. The Balaban J connectivity index is 1.59. The van der Waals surface area contributed by atoms with Crippen molar-refractivity contribution < 1.29 is 54.8 Å². The van der Waals surface area contributed by atoms with Crippen LogP contribution in [0.4, 0.5) is 0 Å². The molecule has 0 unspecified atom stereocenters. The number of aromatic hydroxyl groups is 4. The van der Waals surface area contributed by atoms with Crippen LogP contribution in [0, 0.1) is 0 Å². The maximum absolute atomic E-state index is 13.0. The Labute approximate surface area is 309 Å². The molecule has 0 radical (unpaired) electrons. The van der Waals surface area contributed by atoms with Gasteiger partial charge in [-0.15, -0.1) is 0 Å². The van der Waals surface area contributed by atoms with Crippen LogP contribution >= 0.6 is 0 Å². The molecule has 294 valence electrons. The summed E-state index contributed by atoms with van der Waals surface area (Å²) in [6.07, 6.45) is 2.66. The number of amides is 4. The van der Waals surface area contributed by atoms with Crippen LogP contribution in [0.5, 0.6) is 23.0 Å². The molecule has 2 aromatic heterocycles. The summed E-state index contributed by atoms with van der Waals surface area (Å²) in [6.45, 7) is 2.62. The third-order valence-corrected chi connectivity index (χ3v) is 7.95. The van der Waals surface area contributed by atoms with Gasteiger partial charge in [-0.1, -0.05) is 0 Å². The predicted molar refractivity (Wildman–Crippen MR) is 192 cm³/mol. The second-order valence-corrected chi connectivity index (χ2v) is 11.8. The summed E-state index contributed by atoms with van der Waals surface area (Å²) < 4.78 is 12.8. The lowest BCUT2D eigenvalue weighted by Crippen LogP contribution is -2.52. The number of carbonyl (C=O) groups is 4. The summed E-state index contributed by atoms with van der Waals surface area (Å²) in [5.41, 5.74) is 1.15. The summed E-state index contributed by atoms with van der Waals surface area (Å²) in [5.74, 6) is -5.91. The van der Waals surface area contributed by atoms with E-state index in [0.29, 0.717) is 26.4 Å². The fraction of sp³-hybridized carbons (Fsp3) is 0.412. The Morgan fingerprint density at radius 2 is 0.926 bits per heavy atom. The van der Waals surface area contributed by atoms with Crippen LogP contribution in [0.1, 0.15) is 41.4 Å². The van der Waals surface area contributed by atoms with E-state index in [9.17, 15) is 49.2 Å². The van der Waals surface area contributed by atoms with Crippen molar-refractivity contribution in [3.05, 3.63) is 79.6 Å². The van der Waals surface area contributed by atoms with E-state index in [-0.39, 0.29) is 74.7 Å². The first-order valence-corrected chi connectivity index (χ1v) is 16.9. The van der Waals surface area contributed by atoms with Crippen molar-refractivity contribution in [3.8, 4) is 23.0 Å². The molecule has 0 bridgehead atoms. The van der Waals surface area contributed by atoms with Gasteiger partial charge in [0.1, 0.15) is 0 Å². The lowest BCUT2D eigenvalue weighted by molar-refractivity contribution is -0.374. The van der Waals surface area contributed by atoms with Gasteiger partial charge in [0.25, 0.3) is 34.7 Å². The Hall–Kier alpha value is -5.96. The largest absolute Gasteiger partial charge is 0.504 e. The lowest BCUT2D eigenvalue weighted by Gasteiger charge is -2.23. The van der Waals surface area contributed by atoms with Gasteiger partial charge in [-0.3, -0.25) is 33.7 Å². The maximum Gasteiger partial charge on any atom is 0.293 e. The topological polar surface area (TPSA) is 291 Å². The number of hydrogen-bond donors (Lipinski definition) is 9. The fourth-order valence-corrected chi connectivity index (χ4v) is 4.90. The molecule has 54 heavy (non-hydrogen) atoms. The smallest absolute Gasteiger partial charge is 0.293 e. The summed E-state index contributed by atoms with van der Waals surface area (Å²) in [4.78, 5) is 76.6. The van der Waals surface area contributed by atoms with Crippen LogP contribution in [-0.2, 0) is 23.6 Å². The third-order valence-electron chi connectivity index (χ3n) is 7.95. The van der Waals surface area contributed by atoms with E-state index >= 15 is 0 Å². The Morgan fingerprint density at radius 3 is 1.31 bits per heavy atom. The highest BCUT2D eigenvalue weighted by atomic mass is 16.5. The highest BCUT2D eigenvalue weighted by Gasteiger charge is 2.22. The highest BCUT2D eigenvalue weighted by molar-refractivity contribution is 6.03. The second-order valence-electron chi connectivity index (χ2n) is 11.8. The number of ether oxygens (including phenoxy) is 2.